The topological polar surface area (TPSA) is 130 Å². The maximum Gasteiger partial charge on any atom is 0.405 e. The third-order valence-corrected chi connectivity index (χ3v) is 6.07. The predicted molar refractivity (Wildman–Crippen MR) is 80.9 cm³/mol. The summed E-state index contributed by atoms with van der Waals surface area (Å²) in [6.07, 6.45) is -19.5. The number of hydrogen-bond acceptors (Lipinski definition) is 9. The van der Waals surface area contributed by atoms with Crippen LogP contribution >= 0.6 is 0 Å². The third-order valence-electron chi connectivity index (χ3n) is 2.44. The van der Waals surface area contributed by atoms with Gasteiger partial charge in [0.1, 0.15) is 6.10 Å². The molecular formula is C10H13F9O9S3. The highest BCUT2D eigenvalue weighted by molar-refractivity contribution is 7.87. The summed E-state index contributed by atoms with van der Waals surface area (Å²) >= 11 is 0. The monoisotopic (exact) mass is 544 g/mol. The van der Waals surface area contributed by atoms with Gasteiger partial charge in [-0.25, -0.2) is 0 Å². The molecule has 0 amide bonds. The van der Waals surface area contributed by atoms with Crippen molar-refractivity contribution >= 4 is 30.4 Å². The first-order valence-electron chi connectivity index (χ1n) is 7.26. The quantitative estimate of drug-likeness (QED) is 0.265. The van der Waals surface area contributed by atoms with Gasteiger partial charge in [-0.3, -0.25) is 12.5 Å². The van der Waals surface area contributed by atoms with E-state index < -0.39 is 91.9 Å². The lowest BCUT2D eigenvalue weighted by Crippen LogP contribution is -2.33. The van der Waals surface area contributed by atoms with Crippen LogP contribution in [0.1, 0.15) is 6.42 Å². The van der Waals surface area contributed by atoms with Crippen molar-refractivity contribution in [2.75, 3.05) is 30.5 Å². The summed E-state index contributed by atoms with van der Waals surface area (Å²) in [5.41, 5.74) is 0. The maximum atomic E-state index is 12.2. The molecule has 0 aromatic carbocycles. The fourth-order valence-corrected chi connectivity index (χ4v) is 4.28. The van der Waals surface area contributed by atoms with Crippen LogP contribution in [0.2, 0.25) is 0 Å². The Morgan fingerprint density at radius 1 is 0.581 bits per heavy atom. The molecule has 31 heavy (non-hydrogen) atoms. The highest BCUT2D eigenvalue weighted by Crippen LogP contribution is 2.22. The van der Waals surface area contributed by atoms with E-state index >= 15 is 0 Å². The Bertz CT molecular complexity index is 886. The van der Waals surface area contributed by atoms with Gasteiger partial charge in [-0.15, -0.1) is 0 Å². The smallest absolute Gasteiger partial charge is 0.270 e. The summed E-state index contributed by atoms with van der Waals surface area (Å²) in [6, 6.07) is 0. The molecule has 21 heteroatoms. The Morgan fingerprint density at radius 3 is 1.32 bits per heavy atom. The summed E-state index contributed by atoms with van der Waals surface area (Å²) < 4.78 is 188. The number of alkyl halides is 9. The Balaban J connectivity index is 5.28. The van der Waals surface area contributed by atoms with Crippen molar-refractivity contribution in [3.05, 3.63) is 0 Å². The van der Waals surface area contributed by atoms with Gasteiger partial charge < -0.3 is 0 Å². The largest absolute Gasteiger partial charge is 0.405 e. The normalized spacial score (nSPS) is 15.8. The van der Waals surface area contributed by atoms with E-state index in [1.54, 1.807) is 0 Å². The molecule has 0 saturated carbocycles. The van der Waals surface area contributed by atoms with Crippen LogP contribution in [-0.2, 0) is 42.9 Å². The second kappa shape index (κ2) is 10.4. The molecule has 0 bridgehead atoms. The van der Waals surface area contributed by atoms with Crippen LogP contribution in [0.25, 0.3) is 0 Å². The van der Waals surface area contributed by atoms with Gasteiger partial charge in [0.15, 0.2) is 17.3 Å². The molecule has 0 radical (unpaired) electrons. The van der Waals surface area contributed by atoms with Gasteiger partial charge >= 0.3 is 18.5 Å². The van der Waals surface area contributed by atoms with Gasteiger partial charge in [-0.05, 0) is 0 Å². The number of halogens is 9. The molecule has 1 atom stereocenters. The highest BCUT2D eigenvalue weighted by Gasteiger charge is 2.39. The minimum atomic E-state index is -5.54. The molecule has 0 heterocycles. The van der Waals surface area contributed by atoms with E-state index in [0.29, 0.717) is 0 Å². The third kappa shape index (κ3) is 17.3. The zero-order valence-corrected chi connectivity index (χ0v) is 17.1. The molecule has 0 saturated heterocycles. The lowest BCUT2D eigenvalue weighted by molar-refractivity contribution is -0.109. The van der Waals surface area contributed by atoms with Crippen molar-refractivity contribution < 1.29 is 77.3 Å². The summed E-state index contributed by atoms with van der Waals surface area (Å²) in [5, 5.41) is 0. The summed E-state index contributed by atoms with van der Waals surface area (Å²) in [4.78, 5) is 0. The lowest BCUT2D eigenvalue weighted by Gasteiger charge is -2.18. The Morgan fingerprint density at radius 2 is 0.935 bits per heavy atom. The standard InChI is InChI=1S/C10H13F9O9S3/c11-8(12,13)4-29(20,21)26-2-1-7(28-31(24,25)6-10(17,18)19)3-27-30(22,23)5-9(14,15)16/h7H,1-6H2. The summed E-state index contributed by atoms with van der Waals surface area (Å²) in [7, 11) is -16.3. The van der Waals surface area contributed by atoms with Gasteiger partial charge in [-0.1, -0.05) is 0 Å². The molecule has 0 N–H and O–H groups in total. The van der Waals surface area contributed by atoms with Crippen molar-refractivity contribution in [3.63, 3.8) is 0 Å². The fourth-order valence-electron chi connectivity index (χ4n) is 1.57. The SMILES string of the molecule is O=S(=O)(CC(F)(F)F)OCCC(COS(=O)(=O)CC(F)(F)F)OS(=O)(=O)CC(F)(F)F. The van der Waals surface area contributed by atoms with E-state index in [9.17, 15) is 64.8 Å². The number of hydrogen-bond donors (Lipinski definition) is 0. The van der Waals surface area contributed by atoms with E-state index in [4.69, 9.17) is 0 Å². The molecule has 0 rings (SSSR count). The first-order chi connectivity index (χ1) is 13.4. The van der Waals surface area contributed by atoms with Crippen LogP contribution in [0.15, 0.2) is 0 Å². The minimum Gasteiger partial charge on any atom is -0.270 e. The fraction of sp³-hybridized carbons (Fsp3) is 1.00. The first kappa shape index (κ1) is 30.1. The van der Waals surface area contributed by atoms with E-state index in [0.717, 1.165) is 0 Å². The van der Waals surface area contributed by atoms with Gasteiger partial charge in [0, 0.05) is 6.42 Å². The molecule has 0 aliphatic rings. The van der Waals surface area contributed by atoms with Gasteiger partial charge in [0.05, 0.1) is 13.2 Å². The van der Waals surface area contributed by atoms with E-state index in [2.05, 4.69) is 12.5 Å². The van der Waals surface area contributed by atoms with Crippen LogP contribution in [0.5, 0.6) is 0 Å². The van der Waals surface area contributed by atoms with E-state index in [-0.39, 0.29) is 0 Å². The molecule has 1 unspecified atom stereocenters. The Hall–Kier alpha value is -0.900. The van der Waals surface area contributed by atoms with E-state index in [1.165, 1.54) is 0 Å². The first-order valence-corrected chi connectivity index (χ1v) is 12.0. The van der Waals surface area contributed by atoms with Crippen molar-refractivity contribution in [1.29, 1.82) is 0 Å². The van der Waals surface area contributed by atoms with Gasteiger partial charge in [0.2, 0.25) is 0 Å². The maximum absolute atomic E-state index is 12.2. The summed E-state index contributed by atoms with van der Waals surface area (Å²) in [5.74, 6) is -7.69. The zero-order valence-electron chi connectivity index (χ0n) is 14.6. The molecular weight excluding hydrogens is 531 g/mol. The molecule has 0 aromatic heterocycles. The summed E-state index contributed by atoms with van der Waals surface area (Å²) in [6.45, 7) is -3.02. The van der Waals surface area contributed by atoms with Crippen molar-refractivity contribution in [2.45, 2.75) is 31.1 Å². The van der Waals surface area contributed by atoms with Crippen molar-refractivity contribution in [2.24, 2.45) is 0 Å². The second-order valence-corrected chi connectivity index (χ2v) is 10.4. The molecule has 188 valence electrons. The highest BCUT2D eigenvalue weighted by atomic mass is 32.2. The molecule has 0 aromatic rings. The van der Waals surface area contributed by atoms with Crippen LogP contribution < -0.4 is 0 Å². The molecule has 9 nitrogen and oxygen atoms in total. The van der Waals surface area contributed by atoms with Crippen LogP contribution in [0.3, 0.4) is 0 Å². The molecule has 0 spiro atoms. The van der Waals surface area contributed by atoms with Gasteiger partial charge in [0.25, 0.3) is 30.4 Å². The molecule has 0 aliphatic heterocycles. The minimum absolute atomic E-state index is 1.20. The molecule has 0 aliphatic carbocycles. The average molecular weight is 544 g/mol. The molecule has 0 fully saturated rings. The van der Waals surface area contributed by atoms with Crippen molar-refractivity contribution in [3.8, 4) is 0 Å². The predicted octanol–water partition coefficient (Wildman–Crippen LogP) is 1.47. The van der Waals surface area contributed by atoms with Crippen LogP contribution in [-0.4, -0.2) is 80.4 Å². The Kier molecular flexibility index (Phi) is 10.1. The lowest BCUT2D eigenvalue weighted by atomic mass is 10.3. The van der Waals surface area contributed by atoms with Gasteiger partial charge in [-0.2, -0.15) is 64.8 Å². The Labute approximate surface area is 169 Å². The van der Waals surface area contributed by atoms with Crippen LogP contribution in [0.4, 0.5) is 39.5 Å². The zero-order chi connectivity index (χ0) is 24.9. The van der Waals surface area contributed by atoms with Crippen molar-refractivity contribution in [1.82, 2.24) is 0 Å². The van der Waals surface area contributed by atoms with E-state index in [1.807, 2.05) is 0 Å². The van der Waals surface area contributed by atoms with Crippen LogP contribution in [0, 0.1) is 0 Å². The number of rotatable bonds is 12. The second-order valence-electron chi connectivity index (χ2n) is 5.56. The average Bonchev–Trinajstić information content (AvgIpc) is 2.35.